The van der Waals surface area contributed by atoms with Gasteiger partial charge in [-0.1, -0.05) is 46.3 Å². The fourth-order valence-corrected chi connectivity index (χ4v) is 5.45. The van der Waals surface area contributed by atoms with Crippen LogP contribution in [0.5, 0.6) is 17.2 Å². The summed E-state index contributed by atoms with van der Waals surface area (Å²) >= 11 is 4.57. The Morgan fingerprint density at radius 1 is 1.28 bits per heavy atom. The van der Waals surface area contributed by atoms with Crippen LogP contribution in [0.1, 0.15) is 37.4 Å². The number of nitrogens with zero attached hydrogens (tertiary/aromatic N) is 2. The van der Waals surface area contributed by atoms with E-state index in [1.807, 2.05) is 6.92 Å². The van der Waals surface area contributed by atoms with Gasteiger partial charge in [0.1, 0.15) is 11.8 Å². The summed E-state index contributed by atoms with van der Waals surface area (Å²) < 4.78 is 19.3. The number of phenols is 1. The Kier molecular flexibility index (Phi) is 7.65. The summed E-state index contributed by atoms with van der Waals surface area (Å²) in [7, 11) is 2.83. The number of hydrogen-bond acceptors (Lipinski definition) is 8. The molecule has 0 unspecified atom stereocenters. The minimum Gasteiger partial charge on any atom is -0.507 e. The van der Waals surface area contributed by atoms with Crippen LogP contribution in [0, 0.1) is 0 Å². The molecular formula is C26H25BrN2O6S. The fraction of sp³-hybridized carbons (Fsp3) is 0.269. The lowest BCUT2D eigenvalue weighted by Crippen LogP contribution is -2.40. The van der Waals surface area contributed by atoms with Gasteiger partial charge < -0.3 is 19.3 Å². The Balaban J connectivity index is 2.03. The summed E-state index contributed by atoms with van der Waals surface area (Å²) in [4.78, 5) is 31.7. The summed E-state index contributed by atoms with van der Waals surface area (Å²) in [5, 5.41) is 10.3. The van der Waals surface area contributed by atoms with Crippen molar-refractivity contribution in [2.45, 2.75) is 26.3 Å². The van der Waals surface area contributed by atoms with Gasteiger partial charge in [0.15, 0.2) is 16.3 Å². The van der Waals surface area contributed by atoms with Crippen molar-refractivity contribution in [2.75, 3.05) is 20.8 Å². The van der Waals surface area contributed by atoms with Gasteiger partial charge in [0.2, 0.25) is 0 Å². The lowest BCUT2D eigenvalue weighted by atomic mass is 9.94. The molecule has 1 aliphatic heterocycles. The van der Waals surface area contributed by atoms with E-state index in [4.69, 9.17) is 14.2 Å². The summed E-state index contributed by atoms with van der Waals surface area (Å²) in [6.45, 7) is 4.12. The van der Waals surface area contributed by atoms with E-state index in [9.17, 15) is 14.7 Å². The first-order chi connectivity index (χ1) is 17.3. The predicted octanol–water partition coefficient (Wildman–Crippen LogP) is 3.67. The molecule has 10 heteroatoms. The first kappa shape index (κ1) is 25.7. The topological polar surface area (TPSA) is 99.4 Å². The average Bonchev–Trinajstić information content (AvgIpc) is 3.17. The number of hydrogen-bond donors (Lipinski definition) is 1. The molecule has 0 saturated heterocycles. The largest absolute Gasteiger partial charge is 0.507 e. The van der Waals surface area contributed by atoms with Gasteiger partial charge in [0, 0.05) is 15.6 Å². The quantitative estimate of drug-likeness (QED) is 0.434. The lowest BCUT2D eigenvalue weighted by Gasteiger charge is -2.26. The molecule has 1 N–H and O–H groups in total. The molecule has 0 spiro atoms. The maximum absolute atomic E-state index is 13.8. The van der Waals surface area contributed by atoms with Crippen LogP contribution in [0.25, 0.3) is 6.08 Å². The van der Waals surface area contributed by atoms with Gasteiger partial charge in [0.25, 0.3) is 5.56 Å². The number of carbonyl (C=O) groups excluding carboxylic acids is 1. The molecular weight excluding hydrogens is 548 g/mol. The van der Waals surface area contributed by atoms with Gasteiger partial charge in [-0.25, -0.2) is 9.79 Å². The zero-order chi connectivity index (χ0) is 26.0. The van der Waals surface area contributed by atoms with Crippen molar-refractivity contribution in [3.63, 3.8) is 0 Å². The molecule has 3 aromatic rings. The van der Waals surface area contributed by atoms with Gasteiger partial charge >= 0.3 is 5.97 Å². The van der Waals surface area contributed by atoms with E-state index < -0.39 is 12.0 Å². The van der Waals surface area contributed by atoms with Crippen molar-refractivity contribution in [3.05, 3.63) is 83.0 Å². The first-order valence-electron chi connectivity index (χ1n) is 11.2. The second-order valence-electron chi connectivity index (χ2n) is 8.00. The lowest BCUT2D eigenvalue weighted by molar-refractivity contribution is -0.136. The Labute approximate surface area is 219 Å². The summed E-state index contributed by atoms with van der Waals surface area (Å²) in [5.41, 5.74) is 1.37. The van der Waals surface area contributed by atoms with Crippen LogP contribution in [0.15, 0.2) is 61.9 Å². The number of ether oxygens (including phenoxy) is 3. The number of aromatic hydroxyl groups is 1. The molecule has 2 aromatic carbocycles. The fourth-order valence-electron chi connectivity index (χ4n) is 4.04. The smallest absolute Gasteiger partial charge is 0.338 e. The van der Waals surface area contributed by atoms with Crippen LogP contribution in [0.3, 0.4) is 0 Å². The highest BCUT2D eigenvalue weighted by Crippen LogP contribution is 2.40. The zero-order valence-corrected chi connectivity index (χ0v) is 22.6. The van der Waals surface area contributed by atoms with Gasteiger partial charge in [-0.15, -0.1) is 0 Å². The van der Waals surface area contributed by atoms with E-state index >= 15 is 0 Å². The number of phenolic OH excluding ortho intramolecular Hbond substituents is 1. The number of thiazole rings is 1. The van der Waals surface area contributed by atoms with Crippen LogP contribution >= 0.6 is 27.3 Å². The highest BCUT2D eigenvalue weighted by molar-refractivity contribution is 9.10. The first-order valence-corrected chi connectivity index (χ1v) is 12.8. The van der Waals surface area contributed by atoms with E-state index in [0.717, 1.165) is 10.9 Å². The minimum absolute atomic E-state index is 0.0371. The van der Waals surface area contributed by atoms with Crippen molar-refractivity contribution in [1.29, 1.82) is 0 Å². The molecule has 2 heterocycles. The van der Waals surface area contributed by atoms with Gasteiger partial charge in [0.05, 0.1) is 36.6 Å². The maximum Gasteiger partial charge on any atom is 0.338 e. The summed E-state index contributed by atoms with van der Waals surface area (Å²) in [6.07, 6.45) is 2.37. The number of rotatable bonds is 7. The molecule has 0 bridgehead atoms. The number of fused-ring (bicyclic) bond motifs is 1. The van der Waals surface area contributed by atoms with E-state index in [1.54, 1.807) is 49.4 Å². The molecule has 4 rings (SSSR count). The molecule has 188 valence electrons. The number of carbonyl (C=O) groups is 1. The number of allylic oxidation sites excluding steroid dienone is 1. The molecule has 0 radical (unpaired) electrons. The second-order valence-corrected chi connectivity index (χ2v) is 9.93. The SMILES string of the molecule is CCCOc1c(OC)cccc1[C@H]1C(C(=O)OC)=C(C)N=c2s/c(=C/c3cc(Br)ccc3O)c(=O)n21. The molecule has 1 atom stereocenters. The molecule has 0 amide bonds. The summed E-state index contributed by atoms with van der Waals surface area (Å²) in [5.74, 6) is 0.377. The van der Waals surface area contributed by atoms with Crippen molar-refractivity contribution in [2.24, 2.45) is 4.99 Å². The van der Waals surface area contributed by atoms with Crippen LogP contribution in [0.4, 0.5) is 0 Å². The Morgan fingerprint density at radius 2 is 2.06 bits per heavy atom. The van der Waals surface area contributed by atoms with E-state index in [2.05, 4.69) is 20.9 Å². The number of esters is 1. The number of aromatic nitrogens is 1. The highest BCUT2D eigenvalue weighted by Gasteiger charge is 2.35. The number of halogens is 1. The molecule has 0 aliphatic carbocycles. The number of methoxy groups -OCH3 is 2. The molecule has 36 heavy (non-hydrogen) atoms. The van der Waals surface area contributed by atoms with Crippen molar-refractivity contribution in [1.82, 2.24) is 4.57 Å². The van der Waals surface area contributed by atoms with Crippen LogP contribution < -0.4 is 24.4 Å². The highest BCUT2D eigenvalue weighted by atomic mass is 79.9. The van der Waals surface area contributed by atoms with Crippen molar-refractivity contribution < 1.29 is 24.1 Å². The normalized spacial score (nSPS) is 15.4. The third-order valence-corrected chi connectivity index (χ3v) is 7.15. The maximum atomic E-state index is 13.8. The number of benzene rings is 2. The van der Waals surface area contributed by atoms with E-state index in [1.165, 1.54) is 30.1 Å². The average molecular weight is 573 g/mol. The minimum atomic E-state index is -0.853. The Bertz CT molecular complexity index is 1540. The van der Waals surface area contributed by atoms with Crippen molar-refractivity contribution in [3.8, 4) is 17.2 Å². The monoisotopic (exact) mass is 572 g/mol. The van der Waals surface area contributed by atoms with Gasteiger partial charge in [-0.3, -0.25) is 9.36 Å². The predicted molar refractivity (Wildman–Crippen MR) is 140 cm³/mol. The molecule has 1 aromatic heterocycles. The molecule has 1 aliphatic rings. The third kappa shape index (κ3) is 4.70. The second kappa shape index (κ2) is 10.7. The molecule has 8 nitrogen and oxygen atoms in total. The van der Waals surface area contributed by atoms with Crippen LogP contribution in [-0.4, -0.2) is 36.5 Å². The van der Waals surface area contributed by atoms with Crippen LogP contribution in [0.2, 0.25) is 0 Å². The van der Waals surface area contributed by atoms with Crippen LogP contribution in [-0.2, 0) is 9.53 Å². The van der Waals surface area contributed by atoms with Gasteiger partial charge in [-0.2, -0.15) is 0 Å². The summed E-state index contributed by atoms with van der Waals surface area (Å²) in [6, 6.07) is 9.47. The zero-order valence-electron chi connectivity index (χ0n) is 20.2. The van der Waals surface area contributed by atoms with E-state index in [0.29, 0.717) is 44.3 Å². The molecule has 0 saturated carbocycles. The number of para-hydroxylation sites is 1. The standard InChI is InChI=1S/C26H25BrN2O6S/c1-5-11-35-23-17(7-6-8-19(23)33-3)22-21(25(32)34-4)14(2)28-26-29(22)24(31)20(36-26)13-15-12-16(27)9-10-18(15)30/h6-10,12-13,22,30H,5,11H2,1-4H3/b20-13+/t22-/m0/s1. The Hall–Kier alpha value is -3.37. The van der Waals surface area contributed by atoms with Crippen molar-refractivity contribution >= 4 is 39.3 Å². The Morgan fingerprint density at radius 3 is 2.75 bits per heavy atom. The third-order valence-electron chi connectivity index (χ3n) is 5.68. The molecule has 0 fully saturated rings. The van der Waals surface area contributed by atoms with Gasteiger partial charge in [-0.05, 0) is 43.7 Å². The van der Waals surface area contributed by atoms with E-state index in [-0.39, 0.29) is 16.9 Å².